The van der Waals surface area contributed by atoms with Gasteiger partial charge in [-0.2, -0.15) is 0 Å². The van der Waals surface area contributed by atoms with E-state index in [1.807, 2.05) is 6.79 Å². The van der Waals surface area contributed by atoms with Gasteiger partial charge in [0.1, 0.15) is 6.79 Å². The van der Waals surface area contributed by atoms with Crippen molar-refractivity contribution in [2.75, 3.05) is 0 Å². The Morgan fingerprint density at radius 3 is 1.25 bits per heavy atom. The van der Waals surface area contributed by atoms with Crippen molar-refractivity contribution < 1.29 is 26.5 Å². The fourth-order valence-electron chi connectivity index (χ4n) is 0. The maximum atomic E-state index is 8.00. The molecule has 4 heavy (non-hydrogen) atoms. The van der Waals surface area contributed by atoms with Gasteiger partial charge in [0.15, 0.2) is 0 Å². The predicted molar refractivity (Wildman–Crippen MR) is 18.5 cm³/mol. The van der Waals surface area contributed by atoms with Gasteiger partial charge >= 0.3 is 0 Å². The van der Waals surface area contributed by atoms with Crippen LogP contribution < -0.4 is 0 Å². The summed E-state index contributed by atoms with van der Waals surface area (Å²) in [6.45, 7) is 2.00. The van der Waals surface area contributed by atoms with Crippen molar-refractivity contribution in [3.8, 4) is 0 Å². The molecule has 24 valence electrons. The Morgan fingerprint density at radius 1 is 1.25 bits per heavy atom. The molecular formula is CH6OSiTi. The van der Waals surface area contributed by atoms with Crippen LogP contribution in [0.25, 0.3) is 0 Å². The molecule has 0 spiro atoms. The van der Waals surface area contributed by atoms with Gasteiger partial charge in [-0.3, -0.25) is 0 Å². The average molecular weight is 110 g/mol. The molecule has 0 bridgehead atoms. The molecule has 0 rings (SSSR count). The Morgan fingerprint density at radius 2 is 1.25 bits per heavy atom. The van der Waals surface area contributed by atoms with Gasteiger partial charge in [-0.25, -0.2) is 0 Å². The van der Waals surface area contributed by atoms with Crippen LogP contribution in [0.15, 0.2) is 0 Å². The van der Waals surface area contributed by atoms with Gasteiger partial charge in [0.25, 0.3) is 0 Å². The van der Waals surface area contributed by atoms with Gasteiger partial charge in [-0.05, 0) is 11.0 Å². The van der Waals surface area contributed by atoms with Crippen LogP contribution in [0.4, 0.5) is 0 Å². The van der Waals surface area contributed by atoms with Crippen molar-refractivity contribution in [1.82, 2.24) is 0 Å². The topological polar surface area (TPSA) is 17.1 Å². The van der Waals surface area contributed by atoms with E-state index in [2.05, 4.69) is 0 Å². The molecule has 0 aromatic carbocycles. The van der Waals surface area contributed by atoms with E-state index in [1.54, 1.807) is 0 Å². The first-order chi connectivity index (χ1) is 1.00. The van der Waals surface area contributed by atoms with Crippen LogP contribution in [0.2, 0.25) is 0 Å². The second-order valence-corrected chi connectivity index (χ2v) is 0. The van der Waals surface area contributed by atoms with Crippen molar-refractivity contribution in [2.45, 2.75) is 0 Å². The second-order valence-electron chi connectivity index (χ2n) is 0. The summed E-state index contributed by atoms with van der Waals surface area (Å²) in [5.41, 5.74) is 0. The summed E-state index contributed by atoms with van der Waals surface area (Å²) in [6, 6.07) is 0. The van der Waals surface area contributed by atoms with E-state index >= 15 is 0 Å². The van der Waals surface area contributed by atoms with Gasteiger partial charge in [0.05, 0.1) is 0 Å². The first-order valence-electron chi connectivity index (χ1n) is 0.289. The maximum absolute atomic E-state index is 8.00. The summed E-state index contributed by atoms with van der Waals surface area (Å²) in [7, 11) is 0. The number of carbonyl (C=O) groups excluding carboxylic acids is 1. The number of carbonyl (C=O) groups is 1. The Bertz CT molecular complexity index is 8.00. The van der Waals surface area contributed by atoms with E-state index in [9.17, 15) is 0 Å². The molecule has 0 N–H and O–H groups in total. The first kappa shape index (κ1) is 23.3. The van der Waals surface area contributed by atoms with Crippen molar-refractivity contribution >= 4 is 17.8 Å². The molecule has 0 fully saturated rings. The minimum Gasteiger partial charge on any atom is -0.307 e. The normalized spacial score (nSPS) is 1.00. The largest absolute Gasteiger partial charge is 0.307 e. The fraction of sp³-hybridized carbons (Fsp3) is 0. The van der Waals surface area contributed by atoms with Crippen molar-refractivity contribution in [3.05, 3.63) is 0 Å². The van der Waals surface area contributed by atoms with Crippen molar-refractivity contribution in [3.63, 3.8) is 0 Å². The van der Waals surface area contributed by atoms with Gasteiger partial charge in [0.2, 0.25) is 0 Å². The number of rotatable bonds is 0. The number of hydrogen-bond donors (Lipinski definition) is 0. The van der Waals surface area contributed by atoms with E-state index in [0.717, 1.165) is 0 Å². The molecule has 0 amide bonds. The summed E-state index contributed by atoms with van der Waals surface area (Å²) in [6.07, 6.45) is 0. The Balaban J connectivity index is -0.00000000500. The fourth-order valence-corrected chi connectivity index (χ4v) is 0. The standard InChI is InChI=1S/CH2O.H4Si.Ti/c1-2;;/h1H2;1H4;. The van der Waals surface area contributed by atoms with Crippen LogP contribution >= 0.6 is 0 Å². The molecule has 0 saturated heterocycles. The molecule has 0 aliphatic heterocycles. The van der Waals surface area contributed by atoms with E-state index in [0.29, 0.717) is 0 Å². The monoisotopic (exact) mass is 110 g/mol. The maximum Gasteiger partial charge on any atom is 0.106 e. The number of hydrogen-bond acceptors (Lipinski definition) is 1. The predicted octanol–water partition coefficient (Wildman–Crippen LogP) is -1.64. The minimum atomic E-state index is 0. The quantitative estimate of drug-likeness (QED) is 0.342. The van der Waals surface area contributed by atoms with Crippen LogP contribution in [0, 0.1) is 0 Å². The third-order valence-electron chi connectivity index (χ3n) is 0. The molecule has 0 radical (unpaired) electrons. The second kappa shape index (κ2) is 67.4. The van der Waals surface area contributed by atoms with Gasteiger partial charge in [-0.15, -0.1) is 0 Å². The molecule has 0 aliphatic rings. The smallest absolute Gasteiger partial charge is 0.106 e. The van der Waals surface area contributed by atoms with E-state index in [1.165, 1.54) is 0 Å². The zero-order valence-corrected chi connectivity index (χ0v) is 3.18. The molecule has 0 unspecified atom stereocenters. The Hall–Kier alpha value is 0.601. The third-order valence-corrected chi connectivity index (χ3v) is 0. The Labute approximate surface area is 44.7 Å². The van der Waals surface area contributed by atoms with Crippen molar-refractivity contribution in [2.24, 2.45) is 0 Å². The van der Waals surface area contributed by atoms with Crippen LogP contribution in [0.1, 0.15) is 0 Å². The van der Waals surface area contributed by atoms with Crippen LogP contribution in [-0.2, 0) is 26.5 Å². The molecule has 0 heterocycles. The molecule has 0 aliphatic carbocycles. The molecular weight excluding hydrogens is 104 g/mol. The summed E-state index contributed by atoms with van der Waals surface area (Å²) < 4.78 is 0. The van der Waals surface area contributed by atoms with E-state index in [4.69, 9.17) is 4.79 Å². The molecule has 0 aromatic rings. The Kier molecular flexibility index (Phi) is 392. The van der Waals surface area contributed by atoms with Gasteiger partial charge < -0.3 is 4.79 Å². The van der Waals surface area contributed by atoms with Crippen LogP contribution in [0.3, 0.4) is 0 Å². The summed E-state index contributed by atoms with van der Waals surface area (Å²) in [5.74, 6) is 0. The zero-order chi connectivity index (χ0) is 2.00. The SMILES string of the molecule is C=O.[SiH4].[Ti]. The van der Waals surface area contributed by atoms with E-state index in [-0.39, 0.29) is 32.7 Å². The minimum absolute atomic E-state index is 0. The summed E-state index contributed by atoms with van der Waals surface area (Å²) in [4.78, 5) is 8.00. The summed E-state index contributed by atoms with van der Waals surface area (Å²) >= 11 is 0. The zero-order valence-electron chi connectivity index (χ0n) is 1.62. The summed E-state index contributed by atoms with van der Waals surface area (Å²) in [5, 5.41) is 0. The van der Waals surface area contributed by atoms with Crippen molar-refractivity contribution in [1.29, 1.82) is 0 Å². The average Bonchev–Trinajstić information content (AvgIpc) is 1.00. The third kappa shape index (κ3) is 18.5. The molecule has 1 nitrogen and oxygen atoms in total. The molecule has 0 atom stereocenters. The van der Waals surface area contributed by atoms with Crippen LogP contribution in [0.5, 0.6) is 0 Å². The molecule has 3 heteroatoms. The van der Waals surface area contributed by atoms with E-state index < -0.39 is 0 Å². The van der Waals surface area contributed by atoms with Gasteiger partial charge in [-0.1, -0.05) is 0 Å². The van der Waals surface area contributed by atoms with Gasteiger partial charge in [0, 0.05) is 21.7 Å². The molecule has 0 saturated carbocycles. The van der Waals surface area contributed by atoms with Crippen LogP contribution in [-0.4, -0.2) is 17.8 Å². The first-order valence-corrected chi connectivity index (χ1v) is 0.289. The molecule has 0 aromatic heterocycles.